The predicted molar refractivity (Wildman–Crippen MR) is 81.8 cm³/mol. The van der Waals surface area contributed by atoms with Gasteiger partial charge in [-0.15, -0.1) is 0 Å². The predicted octanol–water partition coefficient (Wildman–Crippen LogP) is 1.99. The number of carbonyl (C=O) groups excluding carboxylic acids is 1. The van der Waals surface area contributed by atoms with Crippen LogP contribution in [0.3, 0.4) is 0 Å². The summed E-state index contributed by atoms with van der Waals surface area (Å²) in [5, 5.41) is 0. The molecule has 0 amide bonds. The van der Waals surface area contributed by atoms with Crippen molar-refractivity contribution in [3.05, 3.63) is 54.4 Å². The normalized spacial score (nSPS) is 11.0. The molecule has 1 aromatic carbocycles. The van der Waals surface area contributed by atoms with Gasteiger partial charge in [-0.05, 0) is 36.8 Å². The van der Waals surface area contributed by atoms with Crippen molar-refractivity contribution in [3.8, 4) is 0 Å². The Hall–Kier alpha value is -2.41. The molecule has 0 saturated heterocycles. The van der Waals surface area contributed by atoms with Gasteiger partial charge in [-0.25, -0.2) is 8.42 Å². The Morgan fingerprint density at radius 1 is 1.23 bits per heavy atom. The van der Waals surface area contributed by atoms with Gasteiger partial charge in [0.05, 0.1) is 13.0 Å². The Morgan fingerprint density at radius 3 is 2.55 bits per heavy atom. The zero-order valence-corrected chi connectivity index (χ0v) is 12.8. The van der Waals surface area contributed by atoms with Gasteiger partial charge in [0.15, 0.2) is 0 Å². The van der Waals surface area contributed by atoms with E-state index < -0.39 is 10.0 Å². The SMILES string of the molecule is CCOC(=O)Cc1ccc(NS(=O)(=O)c2cccnc2)cc1. The van der Waals surface area contributed by atoms with Crippen molar-refractivity contribution in [1.82, 2.24) is 4.98 Å². The van der Waals surface area contributed by atoms with Crippen LogP contribution in [0.1, 0.15) is 12.5 Å². The van der Waals surface area contributed by atoms with E-state index in [4.69, 9.17) is 4.74 Å². The first kappa shape index (κ1) is 16.0. The maximum atomic E-state index is 12.1. The lowest BCUT2D eigenvalue weighted by Gasteiger charge is -2.08. The molecule has 1 aromatic heterocycles. The number of nitrogens with one attached hydrogen (secondary N) is 1. The van der Waals surface area contributed by atoms with E-state index in [-0.39, 0.29) is 17.3 Å². The number of hydrogen-bond acceptors (Lipinski definition) is 5. The zero-order valence-electron chi connectivity index (χ0n) is 12.0. The Morgan fingerprint density at radius 2 is 1.95 bits per heavy atom. The molecule has 116 valence electrons. The van der Waals surface area contributed by atoms with E-state index in [2.05, 4.69) is 9.71 Å². The molecule has 0 fully saturated rings. The van der Waals surface area contributed by atoms with Crippen LogP contribution in [0.25, 0.3) is 0 Å². The van der Waals surface area contributed by atoms with Gasteiger partial charge in [0.25, 0.3) is 10.0 Å². The van der Waals surface area contributed by atoms with Gasteiger partial charge in [-0.3, -0.25) is 14.5 Å². The van der Waals surface area contributed by atoms with Gasteiger partial charge in [-0.1, -0.05) is 12.1 Å². The average molecular weight is 320 g/mol. The number of pyridine rings is 1. The van der Waals surface area contributed by atoms with E-state index in [9.17, 15) is 13.2 Å². The van der Waals surface area contributed by atoms with Gasteiger partial charge in [0.2, 0.25) is 0 Å². The summed E-state index contributed by atoms with van der Waals surface area (Å²) in [5.74, 6) is -0.314. The summed E-state index contributed by atoms with van der Waals surface area (Å²) in [5.41, 5.74) is 1.17. The number of anilines is 1. The molecule has 22 heavy (non-hydrogen) atoms. The fourth-order valence-electron chi connectivity index (χ4n) is 1.79. The third-order valence-electron chi connectivity index (χ3n) is 2.80. The number of esters is 1. The van der Waals surface area contributed by atoms with Crippen LogP contribution < -0.4 is 4.72 Å². The van der Waals surface area contributed by atoms with Crippen LogP contribution in [0.2, 0.25) is 0 Å². The number of ether oxygens (including phenoxy) is 1. The van der Waals surface area contributed by atoms with E-state index in [1.165, 1.54) is 18.5 Å². The lowest BCUT2D eigenvalue weighted by molar-refractivity contribution is -0.142. The fourth-order valence-corrected chi connectivity index (χ4v) is 2.81. The third-order valence-corrected chi connectivity index (χ3v) is 4.17. The minimum absolute atomic E-state index is 0.0885. The molecule has 6 nitrogen and oxygen atoms in total. The number of benzene rings is 1. The number of sulfonamides is 1. The Kier molecular flexibility index (Phi) is 5.11. The first-order valence-electron chi connectivity index (χ1n) is 6.68. The average Bonchev–Trinajstić information content (AvgIpc) is 2.50. The maximum Gasteiger partial charge on any atom is 0.310 e. The molecule has 0 atom stereocenters. The summed E-state index contributed by atoms with van der Waals surface area (Å²) in [6.07, 6.45) is 2.93. The first-order chi connectivity index (χ1) is 10.5. The molecule has 2 rings (SSSR count). The smallest absolute Gasteiger partial charge is 0.310 e. The molecular formula is C15H16N2O4S. The van der Waals surface area contributed by atoms with Crippen LogP contribution in [0.5, 0.6) is 0 Å². The molecule has 0 spiro atoms. The zero-order chi connectivity index (χ0) is 16.0. The Labute approximate surface area is 129 Å². The lowest BCUT2D eigenvalue weighted by atomic mass is 10.1. The van der Waals surface area contributed by atoms with Crippen molar-refractivity contribution < 1.29 is 17.9 Å². The van der Waals surface area contributed by atoms with E-state index in [1.54, 1.807) is 37.3 Å². The standard InChI is InChI=1S/C15H16N2O4S/c1-2-21-15(18)10-12-5-7-13(8-6-12)17-22(19,20)14-4-3-9-16-11-14/h3-9,11,17H,2,10H2,1H3. The summed E-state index contributed by atoms with van der Waals surface area (Å²) < 4.78 is 31.6. The Bertz CT molecular complexity index is 728. The second-order valence-corrected chi connectivity index (χ2v) is 6.16. The summed E-state index contributed by atoms with van der Waals surface area (Å²) >= 11 is 0. The van der Waals surface area contributed by atoms with Crippen molar-refractivity contribution in [2.75, 3.05) is 11.3 Å². The molecule has 0 aliphatic rings. The van der Waals surface area contributed by atoms with E-state index in [0.29, 0.717) is 12.3 Å². The molecule has 0 bridgehead atoms. The van der Waals surface area contributed by atoms with Crippen molar-refractivity contribution in [3.63, 3.8) is 0 Å². The van der Waals surface area contributed by atoms with Crippen LogP contribution in [0.4, 0.5) is 5.69 Å². The number of carbonyl (C=O) groups is 1. The van der Waals surface area contributed by atoms with Crippen molar-refractivity contribution >= 4 is 21.7 Å². The van der Waals surface area contributed by atoms with Crippen LogP contribution in [0.15, 0.2) is 53.7 Å². The van der Waals surface area contributed by atoms with E-state index >= 15 is 0 Å². The molecule has 0 saturated carbocycles. The topological polar surface area (TPSA) is 85.4 Å². The quantitative estimate of drug-likeness (QED) is 0.823. The van der Waals surface area contributed by atoms with Gasteiger partial charge in [0.1, 0.15) is 4.90 Å². The molecule has 7 heteroatoms. The van der Waals surface area contributed by atoms with E-state index in [1.807, 2.05) is 0 Å². The molecule has 1 heterocycles. The Balaban J connectivity index is 2.07. The van der Waals surface area contributed by atoms with Crippen LogP contribution in [-0.2, 0) is 26.0 Å². The van der Waals surface area contributed by atoms with Crippen LogP contribution >= 0.6 is 0 Å². The highest BCUT2D eigenvalue weighted by Gasteiger charge is 2.14. The molecule has 2 aromatic rings. The molecule has 0 unspecified atom stereocenters. The van der Waals surface area contributed by atoms with Crippen molar-refractivity contribution in [1.29, 1.82) is 0 Å². The highest BCUT2D eigenvalue weighted by Crippen LogP contribution is 2.16. The monoisotopic (exact) mass is 320 g/mol. The molecule has 0 aliphatic carbocycles. The largest absolute Gasteiger partial charge is 0.466 e. The fraction of sp³-hybridized carbons (Fsp3) is 0.200. The van der Waals surface area contributed by atoms with Gasteiger partial charge in [0, 0.05) is 18.1 Å². The highest BCUT2D eigenvalue weighted by atomic mass is 32.2. The van der Waals surface area contributed by atoms with Gasteiger partial charge >= 0.3 is 5.97 Å². The number of rotatable bonds is 6. The lowest BCUT2D eigenvalue weighted by Crippen LogP contribution is -2.13. The first-order valence-corrected chi connectivity index (χ1v) is 8.17. The molecular weight excluding hydrogens is 304 g/mol. The summed E-state index contributed by atoms with van der Waals surface area (Å²) in [6, 6.07) is 9.57. The number of nitrogens with zero attached hydrogens (tertiary/aromatic N) is 1. The van der Waals surface area contributed by atoms with Crippen molar-refractivity contribution in [2.45, 2.75) is 18.2 Å². The van der Waals surface area contributed by atoms with Gasteiger partial charge < -0.3 is 4.74 Å². The maximum absolute atomic E-state index is 12.1. The summed E-state index contributed by atoms with van der Waals surface area (Å²) in [4.78, 5) is 15.2. The molecule has 0 aliphatic heterocycles. The molecule has 1 N–H and O–H groups in total. The molecule has 0 radical (unpaired) electrons. The number of aromatic nitrogens is 1. The second-order valence-electron chi connectivity index (χ2n) is 4.47. The summed E-state index contributed by atoms with van der Waals surface area (Å²) in [6.45, 7) is 2.08. The van der Waals surface area contributed by atoms with Gasteiger partial charge in [-0.2, -0.15) is 0 Å². The minimum Gasteiger partial charge on any atom is -0.466 e. The minimum atomic E-state index is -3.66. The van der Waals surface area contributed by atoms with Crippen LogP contribution in [-0.4, -0.2) is 26.0 Å². The summed E-state index contributed by atoms with van der Waals surface area (Å²) in [7, 11) is -3.66. The van der Waals surface area contributed by atoms with E-state index in [0.717, 1.165) is 5.56 Å². The van der Waals surface area contributed by atoms with Crippen molar-refractivity contribution in [2.24, 2.45) is 0 Å². The highest BCUT2D eigenvalue weighted by molar-refractivity contribution is 7.92. The van der Waals surface area contributed by atoms with Crippen LogP contribution in [0, 0.1) is 0 Å². The second kappa shape index (κ2) is 7.04. The third kappa shape index (κ3) is 4.29. The number of hydrogen-bond donors (Lipinski definition) is 1.